The van der Waals surface area contributed by atoms with E-state index < -0.39 is 35.5 Å². The second-order valence-electron chi connectivity index (χ2n) is 7.60. The molecule has 1 aromatic rings. The number of carboxylic acids is 1. The molecule has 1 heterocycles. The van der Waals surface area contributed by atoms with E-state index in [0.717, 1.165) is 5.56 Å². The molecule has 178 valence electrons. The topological polar surface area (TPSA) is 149 Å². The van der Waals surface area contributed by atoms with Gasteiger partial charge < -0.3 is 14.7 Å². The Morgan fingerprint density at radius 3 is 2.59 bits per heavy atom. The molecule has 1 saturated heterocycles. The lowest BCUT2D eigenvalue weighted by Gasteiger charge is -2.28. The van der Waals surface area contributed by atoms with E-state index in [1.807, 2.05) is 30.3 Å². The molecule has 1 aliphatic heterocycles. The van der Waals surface area contributed by atoms with Crippen LogP contribution in [0.3, 0.4) is 0 Å². The first-order valence-electron chi connectivity index (χ1n) is 10.6. The van der Waals surface area contributed by atoms with Crippen molar-refractivity contribution in [1.82, 2.24) is 15.6 Å². The maximum Gasteiger partial charge on any atom is 0.326 e. The van der Waals surface area contributed by atoms with Crippen LogP contribution in [-0.4, -0.2) is 81.5 Å². The number of likely N-dealkylation sites (tertiary alicyclic amines) is 1. The summed E-state index contributed by atoms with van der Waals surface area (Å²) in [6.45, 7) is 1.90. The van der Waals surface area contributed by atoms with Crippen LogP contribution in [0.1, 0.15) is 38.2 Å². The lowest BCUT2D eigenvalue weighted by atomic mass is 10.0. The minimum atomic E-state index is -1.03. The fourth-order valence-corrected chi connectivity index (χ4v) is 3.61. The predicted octanol–water partition coefficient (Wildman–Crippen LogP) is 0.987. The molecule has 0 bridgehead atoms. The van der Waals surface area contributed by atoms with E-state index in [2.05, 4.69) is 10.2 Å². The molecule has 0 aromatic heterocycles. The standard InChI is InChI=1S/C21H31N3O8/c1-15(19(25)23-12-5-9-18(23)20(26)27)22-17(11-10-16-7-3-2-4-8-16)21(28)31-13-6-14-32-24(29)30/h2-4,7-8,15,17-18,22,29-30H,5-6,9-14H2,1H3,(H,26,27). The Kier molecular flexibility index (Phi) is 10.5. The molecule has 1 fully saturated rings. The summed E-state index contributed by atoms with van der Waals surface area (Å²) in [6, 6.07) is 7.15. The molecule has 2 rings (SSSR count). The molecule has 1 aromatic carbocycles. The average molecular weight is 453 g/mol. The van der Waals surface area contributed by atoms with Gasteiger partial charge in [-0.15, -0.1) is 0 Å². The quantitative estimate of drug-likeness (QED) is 0.193. The second kappa shape index (κ2) is 13.1. The number of nitrogens with zero attached hydrogens (tertiary/aromatic N) is 2. The largest absolute Gasteiger partial charge is 0.480 e. The van der Waals surface area contributed by atoms with Crippen LogP contribution in [0.15, 0.2) is 30.3 Å². The molecule has 11 heteroatoms. The van der Waals surface area contributed by atoms with Gasteiger partial charge in [-0.2, -0.15) is 0 Å². The smallest absolute Gasteiger partial charge is 0.326 e. The van der Waals surface area contributed by atoms with Gasteiger partial charge >= 0.3 is 11.9 Å². The first-order chi connectivity index (χ1) is 15.3. The zero-order chi connectivity index (χ0) is 23.5. The number of hydrogen-bond donors (Lipinski definition) is 4. The number of ether oxygens (including phenoxy) is 1. The Balaban J connectivity index is 1.96. The lowest BCUT2D eigenvalue weighted by Crippen LogP contribution is -2.53. The molecule has 0 radical (unpaired) electrons. The van der Waals surface area contributed by atoms with Gasteiger partial charge in [0, 0.05) is 13.0 Å². The molecule has 1 aliphatic rings. The Morgan fingerprint density at radius 2 is 1.94 bits per heavy atom. The Morgan fingerprint density at radius 1 is 1.22 bits per heavy atom. The van der Waals surface area contributed by atoms with E-state index in [4.69, 9.17) is 15.2 Å². The number of esters is 1. The van der Waals surface area contributed by atoms with Crippen LogP contribution in [0.4, 0.5) is 0 Å². The van der Waals surface area contributed by atoms with Crippen molar-refractivity contribution < 1.29 is 39.5 Å². The van der Waals surface area contributed by atoms with Crippen molar-refractivity contribution in [3.63, 3.8) is 0 Å². The van der Waals surface area contributed by atoms with Crippen molar-refractivity contribution in [2.45, 2.75) is 57.2 Å². The van der Waals surface area contributed by atoms with Crippen molar-refractivity contribution in [2.24, 2.45) is 0 Å². The first-order valence-corrected chi connectivity index (χ1v) is 10.6. The molecule has 4 N–H and O–H groups in total. The summed E-state index contributed by atoms with van der Waals surface area (Å²) in [5.41, 5.74) is 1.02. The Bertz CT molecular complexity index is 746. The highest BCUT2D eigenvalue weighted by Gasteiger charge is 2.37. The van der Waals surface area contributed by atoms with E-state index in [1.165, 1.54) is 4.90 Å². The van der Waals surface area contributed by atoms with Crippen LogP contribution < -0.4 is 5.32 Å². The van der Waals surface area contributed by atoms with Crippen molar-refractivity contribution in [1.29, 1.82) is 0 Å². The van der Waals surface area contributed by atoms with Gasteiger partial charge in [-0.1, -0.05) is 30.3 Å². The summed E-state index contributed by atoms with van der Waals surface area (Å²) in [5.74, 6) is -1.96. The van der Waals surface area contributed by atoms with Gasteiger partial charge in [0.05, 0.1) is 24.6 Å². The minimum Gasteiger partial charge on any atom is -0.480 e. The first kappa shape index (κ1) is 25.7. The fraction of sp³-hybridized carbons (Fsp3) is 0.571. The average Bonchev–Trinajstić information content (AvgIpc) is 3.26. The maximum atomic E-state index is 12.8. The van der Waals surface area contributed by atoms with Crippen molar-refractivity contribution in [3.05, 3.63) is 35.9 Å². The molecule has 0 aliphatic carbocycles. The highest BCUT2D eigenvalue weighted by Crippen LogP contribution is 2.19. The zero-order valence-electron chi connectivity index (χ0n) is 18.1. The summed E-state index contributed by atoms with van der Waals surface area (Å²) >= 11 is 0. The van der Waals surface area contributed by atoms with Gasteiger partial charge in [-0.05, 0) is 38.2 Å². The third kappa shape index (κ3) is 8.17. The molecule has 11 nitrogen and oxygen atoms in total. The summed E-state index contributed by atoms with van der Waals surface area (Å²) in [6.07, 6.45) is 2.21. The van der Waals surface area contributed by atoms with E-state index in [0.29, 0.717) is 32.2 Å². The molecule has 0 spiro atoms. The third-order valence-electron chi connectivity index (χ3n) is 5.23. The van der Waals surface area contributed by atoms with Crippen molar-refractivity contribution in [2.75, 3.05) is 19.8 Å². The predicted molar refractivity (Wildman–Crippen MR) is 110 cm³/mol. The van der Waals surface area contributed by atoms with E-state index in [-0.39, 0.29) is 25.5 Å². The number of hydrogen-bond acceptors (Lipinski definition) is 9. The number of carbonyl (C=O) groups is 3. The second-order valence-corrected chi connectivity index (χ2v) is 7.60. The van der Waals surface area contributed by atoms with Crippen LogP contribution in [0.2, 0.25) is 0 Å². The number of rotatable bonds is 13. The number of carboxylic acid groups (broad SMARTS) is 1. The SMILES string of the molecule is CC(NC(CCc1ccccc1)C(=O)OCCCON(O)O)C(=O)N1CCCC1C(=O)O. The molecule has 3 unspecified atom stereocenters. The van der Waals surface area contributed by atoms with E-state index in [1.54, 1.807) is 6.92 Å². The van der Waals surface area contributed by atoms with E-state index >= 15 is 0 Å². The van der Waals surface area contributed by atoms with Crippen LogP contribution in [0.25, 0.3) is 0 Å². The molecule has 1 amide bonds. The van der Waals surface area contributed by atoms with Gasteiger partial charge in [-0.25, -0.2) is 4.79 Å². The van der Waals surface area contributed by atoms with E-state index in [9.17, 15) is 19.5 Å². The number of aliphatic carboxylic acids is 1. The number of aryl methyl sites for hydroxylation is 1. The Labute approximate surface area is 186 Å². The molecule has 32 heavy (non-hydrogen) atoms. The number of nitrogens with one attached hydrogen (secondary N) is 1. The van der Waals surface area contributed by atoms with Crippen LogP contribution in [0, 0.1) is 0 Å². The normalized spacial score (nSPS) is 17.9. The highest BCUT2D eigenvalue weighted by molar-refractivity contribution is 5.88. The molecular formula is C21H31N3O8. The molecular weight excluding hydrogens is 422 g/mol. The van der Waals surface area contributed by atoms with Gasteiger partial charge in [0.2, 0.25) is 5.91 Å². The maximum absolute atomic E-state index is 12.8. The highest BCUT2D eigenvalue weighted by atomic mass is 17.1. The van der Waals surface area contributed by atoms with Crippen molar-refractivity contribution in [3.8, 4) is 0 Å². The summed E-state index contributed by atoms with van der Waals surface area (Å²) in [7, 11) is 0. The number of benzene rings is 1. The Hall–Kier alpha value is -2.57. The lowest BCUT2D eigenvalue weighted by molar-refractivity contribution is -0.492. The van der Waals surface area contributed by atoms with Gasteiger partial charge in [0.15, 0.2) is 0 Å². The summed E-state index contributed by atoms with van der Waals surface area (Å²) in [5, 5.41) is 28.9. The third-order valence-corrected chi connectivity index (χ3v) is 5.23. The van der Waals surface area contributed by atoms with Gasteiger partial charge in [0.25, 0.3) is 0 Å². The summed E-state index contributed by atoms with van der Waals surface area (Å²) < 4.78 is 5.26. The minimum absolute atomic E-state index is 0.00820. The number of carbonyl (C=O) groups excluding carboxylic acids is 2. The monoisotopic (exact) mass is 453 g/mol. The fourth-order valence-electron chi connectivity index (χ4n) is 3.61. The van der Waals surface area contributed by atoms with Gasteiger partial charge in [0.1, 0.15) is 12.1 Å². The molecule has 0 saturated carbocycles. The van der Waals surface area contributed by atoms with Crippen LogP contribution >= 0.6 is 0 Å². The van der Waals surface area contributed by atoms with Crippen LogP contribution in [-0.2, 0) is 30.4 Å². The zero-order valence-corrected chi connectivity index (χ0v) is 18.1. The molecule has 3 atom stereocenters. The van der Waals surface area contributed by atoms with Gasteiger partial charge in [-0.3, -0.25) is 30.2 Å². The summed E-state index contributed by atoms with van der Waals surface area (Å²) in [4.78, 5) is 42.7. The number of amides is 1. The van der Waals surface area contributed by atoms with Crippen LogP contribution in [0.5, 0.6) is 0 Å². The van der Waals surface area contributed by atoms with Crippen molar-refractivity contribution >= 4 is 17.8 Å².